The fourth-order valence-electron chi connectivity index (χ4n) is 1.16. The molecule has 5 nitrogen and oxygen atoms in total. The number of ether oxygens (including phenoxy) is 1. The minimum absolute atomic E-state index is 0.224. The SMILES string of the molecule is COCCN(C)S(=O)(=O)c1c[nH]c(CCl)c1. The molecular weight excluding hydrogens is 252 g/mol. The lowest BCUT2D eigenvalue weighted by Gasteiger charge is -2.15. The molecule has 0 radical (unpaired) electrons. The number of hydrogen-bond donors (Lipinski definition) is 1. The Bertz CT molecular complexity index is 430. The fourth-order valence-corrected chi connectivity index (χ4v) is 2.49. The standard InChI is InChI=1S/C9H15ClN2O3S/c1-12(3-4-15-2)16(13,14)9-5-8(6-10)11-7-9/h5,7,11H,3-4,6H2,1-2H3. The molecule has 1 aromatic rings. The molecule has 0 unspecified atom stereocenters. The summed E-state index contributed by atoms with van der Waals surface area (Å²) in [6.07, 6.45) is 1.44. The second-order valence-corrected chi connectivity index (χ2v) is 5.63. The van der Waals surface area contributed by atoms with Gasteiger partial charge in [-0.1, -0.05) is 0 Å². The molecule has 0 bridgehead atoms. The summed E-state index contributed by atoms with van der Waals surface area (Å²) >= 11 is 5.59. The van der Waals surface area contributed by atoms with Crippen molar-refractivity contribution in [3.63, 3.8) is 0 Å². The number of nitrogens with one attached hydrogen (secondary N) is 1. The Kier molecular flexibility index (Phi) is 4.79. The highest BCUT2D eigenvalue weighted by molar-refractivity contribution is 7.89. The van der Waals surface area contributed by atoms with Crippen LogP contribution in [0.1, 0.15) is 5.69 Å². The number of hydrogen-bond acceptors (Lipinski definition) is 3. The number of aromatic amines is 1. The molecular formula is C9H15ClN2O3S. The molecule has 0 aliphatic carbocycles. The first-order valence-electron chi connectivity index (χ1n) is 4.71. The number of halogens is 1. The Morgan fingerprint density at radius 3 is 2.75 bits per heavy atom. The van der Waals surface area contributed by atoms with E-state index in [2.05, 4.69) is 4.98 Å². The largest absolute Gasteiger partial charge is 0.383 e. The van der Waals surface area contributed by atoms with Crippen LogP contribution in [0.2, 0.25) is 0 Å². The van der Waals surface area contributed by atoms with Crippen LogP contribution in [0.5, 0.6) is 0 Å². The van der Waals surface area contributed by atoms with E-state index in [4.69, 9.17) is 16.3 Å². The lowest BCUT2D eigenvalue weighted by Crippen LogP contribution is -2.29. The fraction of sp³-hybridized carbons (Fsp3) is 0.556. The van der Waals surface area contributed by atoms with Gasteiger partial charge in [-0.15, -0.1) is 11.6 Å². The van der Waals surface area contributed by atoms with Gasteiger partial charge in [-0.05, 0) is 6.07 Å². The highest BCUT2D eigenvalue weighted by atomic mass is 35.5. The first-order valence-corrected chi connectivity index (χ1v) is 6.68. The van der Waals surface area contributed by atoms with Gasteiger partial charge in [0.2, 0.25) is 10.0 Å². The number of likely N-dealkylation sites (N-methyl/N-ethyl adjacent to an activating group) is 1. The van der Waals surface area contributed by atoms with E-state index in [-0.39, 0.29) is 10.8 Å². The molecule has 0 saturated heterocycles. The highest BCUT2D eigenvalue weighted by Gasteiger charge is 2.21. The zero-order chi connectivity index (χ0) is 12.2. The molecule has 0 saturated carbocycles. The van der Waals surface area contributed by atoms with Gasteiger partial charge in [-0.3, -0.25) is 0 Å². The van der Waals surface area contributed by atoms with Crippen molar-refractivity contribution in [2.24, 2.45) is 0 Å². The lowest BCUT2D eigenvalue weighted by atomic mass is 10.5. The molecule has 1 N–H and O–H groups in total. The quantitative estimate of drug-likeness (QED) is 0.782. The van der Waals surface area contributed by atoms with Crippen LogP contribution in [-0.2, 0) is 20.6 Å². The molecule has 0 aliphatic rings. The van der Waals surface area contributed by atoms with Gasteiger partial charge in [0.1, 0.15) is 0 Å². The monoisotopic (exact) mass is 266 g/mol. The number of alkyl halides is 1. The van der Waals surface area contributed by atoms with Crippen LogP contribution in [-0.4, -0.2) is 45.0 Å². The smallest absolute Gasteiger partial charge is 0.244 e. The summed E-state index contributed by atoms with van der Waals surface area (Å²) in [4.78, 5) is 3.03. The van der Waals surface area contributed by atoms with Crippen molar-refractivity contribution in [3.05, 3.63) is 18.0 Å². The van der Waals surface area contributed by atoms with E-state index in [9.17, 15) is 8.42 Å². The van der Waals surface area contributed by atoms with Gasteiger partial charge in [-0.2, -0.15) is 4.31 Å². The Morgan fingerprint density at radius 1 is 1.56 bits per heavy atom. The third-order valence-electron chi connectivity index (χ3n) is 2.18. The van der Waals surface area contributed by atoms with Crippen LogP contribution in [0.25, 0.3) is 0 Å². The van der Waals surface area contributed by atoms with Gasteiger partial charge >= 0.3 is 0 Å². The first kappa shape index (κ1) is 13.5. The van der Waals surface area contributed by atoms with Gasteiger partial charge in [-0.25, -0.2) is 8.42 Å². The zero-order valence-corrected chi connectivity index (χ0v) is 10.8. The van der Waals surface area contributed by atoms with E-state index in [1.165, 1.54) is 30.7 Å². The topological polar surface area (TPSA) is 62.4 Å². The first-order chi connectivity index (χ1) is 7.52. The Labute approximate surface area is 100 Å². The average molecular weight is 267 g/mol. The van der Waals surface area contributed by atoms with E-state index in [0.29, 0.717) is 18.8 Å². The molecule has 16 heavy (non-hydrogen) atoms. The third kappa shape index (κ3) is 2.98. The van der Waals surface area contributed by atoms with Crippen molar-refractivity contribution in [2.75, 3.05) is 27.3 Å². The Hall–Kier alpha value is -0.560. The van der Waals surface area contributed by atoms with Crippen molar-refractivity contribution < 1.29 is 13.2 Å². The second-order valence-electron chi connectivity index (χ2n) is 3.31. The van der Waals surface area contributed by atoms with Crippen LogP contribution in [0.15, 0.2) is 17.2 Å². The minimum atomic E-state index is -3.44. The second kappa shape index (κ2) is 5.67. The van der Waals surface area contributed by atoms with Crippen LogP contribution in [0.4, 0.5) is 0 Å². The molecule has 1 rings (SSSR count). The van der Waals surface area contributed by atoms with Gasteiger partial charge in [0.15, 0.2) is 0 Å². The van der Waals surface area contributed by atoms with Crippen molar-refractivity contribution in [1.29, 1.82) is 0 Å². The van der Waals surface area contributed by atoms with Gasteiger partial charge in [0, 0.05) is 32.6 Å². The molecule has 0 amide bonds. The molecule has 0 fully saturated rings. The number of sulfonamides is 1. The molecule has 0 aromatic carbocycles. The van der Waals surface area contributed by atoms with E-state index in [0.717, 1.165) is 0 Å². The summed E-state index contributed by atoms with van der Waals surface area (Å²) in [6, 6.07) is 1.53. The summed E-state index contributed by atoms with van der Waals surface area (Å²) in [7, 11) is -0.391. The normalized spacial score (nSPS) is 12.2. The maximum atomic E-state index is 12.0. The molecule has 0 aliphatic heterocycles. The van der Waals surface area contributed by atoms with Gasteiger partial charge < -0.3 is 9.72 Å². The Morgan fingerprint density at radius 2 is 2.25 bits per heavy atom. The van der Waals surface area contributed by atoms with Crippen LogP contribution in [0, 0.1) is 0 Å². The van der Waals surface area contributed by atoms with E-state index in [1.54, 1.807) is 0 Å². The van der Waals surface area contributed by atoms with E-state index < -0.39 is 10.0 Å². The van der Waals surface area contributed by atoms with Crippen molar-refractivity contribution in [3.8, 4) is 0 Å². The van der Waals surface area contributed by atoms with Crippen LogP contribution < -0.4 is 0 Å². The highest BCUT2D eigenvalue weighted by Crippen LogP contribution is 2.16. The number of rotatable bonds is 6. The maximum Gasteiger partial charge on any atom is 0.244 e. The van der Waals surface area contributed by atoms with Crippen molar-refractivity contribution >= 4 is 21.6 Å². The summed E-state index contributed by atoms with van der Waals surface area (Å²) in [5.74, 6) is 0.261. The van der Waals surface area contributed by atoms with Crippen molar-refractivity contribution in [2.45, 2.75) is 10.8 Å². The molecule has 1 heterocycles. The molecule has 0 atom stereocenters. The number of H-pyrrole nitrogens is 1. The average Bonchev–Trinajstić information content (AvgIpc) is 2.74. The number of nitrogens with zero attached hydrogens (tertiary/aromatic N) is 1. The van der Waals surface area contributed by atoms with E-state index in [1.807, 2.05) is 0 Å². The summed E-state index contributed by atoms with van der Waals surface area (Å²) < 4.78 is 30.0. The minimum Gasteiger partial charge on any atom is -0.383 e. The molecule has 0 spiro atoms. The lowest BCUT2D eigenvalue weighted by molar-refractivity contribution is 0.185. The predicted molar refractivity (Wildman–Crippen MR) is 62.0 cm³/mol. The summed E-state index contributed by atoms with van der Waals surface area (Å²) in [5.41, 5.74) is 0.681. The molecule has 7 heteroatoms. The third-order valence-corrected chi connectivity index (χ3v) is 4.30. The number of aromatic nitrogens is 1. The number of methoxy groups -OCH3 is 1. The van der Waals surface area contributed by atoms with E-state index >= 15 is 0 Å². The predicted octanol–water partition coefficient (Wildman–Crippen LogP) is 1.02. The Balaban J connectivity index is 2.84. The van der Waals surface area contributed by atoms with Crippen molar-refractivity contribution in [1.82, 2.24) is 9.29 Å². The van der Waals surface area contributed by atoms with Crippen LogP contribution in [0.3, 0.4) is 0 Å². The van der Waals surface area contributed by atoms with Crippen LogP contribution >= 0.6 is 11.6 Å². The summed E-state index contributed by atoms with van der Waals surface area (Å²) in [6.45, 7) is 0.683. The van der Waals surface area contributed by atoms with Gasteiger partial charge in [0.25, 0.3) is 0 Å². The zero-order valence-electron chi connectivity index (χ0n) is 9.23. The summed E-state index contributed by atoms with van der Waals surface area (Å²) in [5, 5.41) is 0. The molecule has 92 valence electrons. The molecule has 1 aromatic heterocycles. The van der Waals surface area contributed by atoms with Gasteiger partial charge in [0.05, 0.1) is 17.4 Å². The maximum absolute atomic E-state index is 12.0.